The van der Waals surface area contributed by atoms with E-state index in [0.29, 0.717) is 12.2 Å². The van der Waals surface area contributed by atoms with Crippen LogP contribution in [0.15, 0.2) is 18.3 Å². The predicted octanol–water partition coefficient (Wildman–Crippen LogP) is 3.70. The molecule has 0 saturated carbocycles. The van der Waals surface area contributed by atoms with Crippen molar-refractivity contribution >= 4 is 28.4 Å². The fourth-order valence-electron chi connectivity index (χ4n) is 3.39. The van der Waals surface area contributed by atoms with Gasteiger partial charge in [0.2, 0.25) is 5.91 Å². The zero-order valence-corrected chi connectivity index (χ0v) is 14.1. The number of aromatic nitrogens is 2. The lowest BCUT2D eigenvalue weighted by Crippen LogP contribution is -2.29. The number of hydrogen-bond donors (Lipinski definition) is 1. The van der Waals surface area contributed by atoms with Gasteiger partial charge in [0.05, 0.1) is 0 Å². The van der Waals surface area contributed by atoms with Crippen LogP contribution in [0.4, 0.5) is 11.6 Å². The third-order valence-corrected chi connectivity index (χ3v) is 4.31. The molecule has 2 aromatic heterocycles. The molecule has 23 heavy (non-hydrogen) atoms. The van der Waals surface area contributed by atoms with Gasteiger partial charge >= 0.3 is 0 Å². The molecular weight excluding hydrogens is 288 g/mol. The van der Waals surface area contributed by atoms with E-state index in [1.165, 1.54) is 0 Å². The van der Waals surface area contributed by atoms with Crippen molar-refractivity contribution in [2.45, 2.75) is 46.0 Å². The molecule has 0 fully saturated rings. The second-order valence-electron chi connectivity index (χ2n) is 6.24. The van der Waals surface area contributed by atoms with Crippen molar-refractivity contribution in [3.63, 3.8) is 0 Å². The van der Waals surface area contributed by atoms with Crippen LogP contribution < -0.4 is 10.2 Å². The molecule has 1 aliphatic heterocycles. The van der Waals surface area contributed by atoms with Gasteiger partial charge in [-0.1, -0.05) is 26.8 Å². The average Bonchev–Trinajstić information content (AvgIpc) is 2.53. The van der Waals surface area contributed by atoms with Crippen molar-refractivity contribution in [3.8, 4) is 0 Å². The topological polar surface area (TPSA) is 58.1 Å². The zero-order chi connectivity index (χ0) is 16.4. The number of amides is 1. The fraction of sp³-hybridized carbons (Fsp3) is 0.500. The van der Waals surface area contributed by atoms with E-state index in [0.717, 1.165) is 48.2 Å². The first kappa shape index (κ1) is 15.7. The van der Waals surface area contributed by atoms with Gasteiger partial charge in [0.1, 0.15) is 11.3 Å². The molecule has 1 aliphatic rings. The summed E-state index contributed by atoms with van der Waals surface area (Å²) in [6.45, 7) is 8.30. The van der Waals surface area contributed by atoms with Crippen molar-refractivity contribution in [1.29, 1.82) is 0 Å². The summed E-state index contributed by atoms with van der Waals surface area (Å²) < 4.78 is 0. The van der Waals surface area contributed by atoms with E-state index in [9.17, 15) is 4.79 Å². The van der Waals surface area contributed by atoms with Crippen LogP contribution in [0.1, 0.15) is 51.5 Å². The molecule has 0 spiro atoms. The SMILES string of the molecule is CCCN(CCC)c1nc2c(c3cccnc13)C(C)CC(=O)N2. The lowest BCUT2D eigenvalue weighted by atomic mass is 9.91. The number of nitrogens with zero attached hydrogens (tertiary/aromatic N) is 3. The van der Waals surface area contributed by atoms with Crippen molar-refractivity contribution in [2.24, 2.45) is 0 Å². The van der Waals surface area contributed by atoms with Crippen LogP contribution in [0.3, 0.4) is 0 Å². The molecule has 0 aromatic carbocycles. The number of nitrogens with one attached hydrogen (secondary N) is 1. The van der Waals surface area contributed by atoms with Crippen LogP contribution in [0, 0.1) is 0 Å². The molecular formula is C18H24N4O. The zero-order valence-electron chi connectivity index (χ0n) is 14.1. The summed E-state index contributed by atoms with van der Waals surface area (Å²) in [6, 6.07) is 4.05. The lowest BCUT2D eigenvalue weighted by molar-refractivity contribution is -0.116. The fourth-order valence-corrected chi connectivity index (χ4v) is 3.39. The summed E-state index contributed by atoms with van der Waals surface area (Å²) in [5.41, 5.74) is 2.06. The first-order valence-electron chi connectivity index (χ1n) is 8.49. The Labute approximate surface area is 137 Å². The molecule has 1 atom stereocenters. The van der Waals surface area contributed by atoms with Gasteiger partial charge in [-0.2, -0.15) is 0 Å². The number of carbonyl (C=O) groups excluding carboxylic acids is 1. The Hall–Kier alpha value is -2.17. The number of anilines is 2. The molecule has 1 N–H and O–H groups in total. The third-order valence-electron chi connectivity index (χ3n) is 4.31. The van der Waals surface area contributed by atoms with Gasteiger partial charge in [0.25, 0.3) is 0 Å². The molecule has 0 saturated heterocycles. The minimum Gasteiger partial charge on any atom is -0.355 e. The van der Waals surface area contributed by atoms with Gasteiger partial charge in [-0.25, -0.2) is 4.98 Å². The van der Waals surface area contributed by atoms with Crippen LogP contribution in [0.2, 0.25) is 0 Å². The second kappa shape index (κ2) is 6.52. The summed E-state index contributed by atoms with van der Waals surface area (Å²) in [7, 11) is 0. The Kier molecular flexibility index (Phi) is 4.46. The summed E-state index contributed by atoms with van der Waals surface area (Å²) in [6.07, 6.45) is 4.43. The lowest BCUT2D eigenvalue weighted by Gasteiger charge is -2.28. The van der Waals surface area contributed by atoms with Gasteiger partial charge < -0.3 is 10.2 Å². The highest BCUT2D eigenvalue weighted by molar-refractivity contribution is 6.01. The molecule has 122 valence electrons. The quantitative estimate of drug-likeness (QED) is 0.914. The molecule has 0 aliphatic carbocycles. The van der Waals surface area contributed by atoms with Gasteiger partial charge in [-0.15, -0.1) is 0 Å². The summed E-state index contributed by atoms with van der Waals surface area (Å²) in [5.74, 6) is 1.81. The van der Waals surface area contributed by atoms with Gasteiger partial charge in [-0.05, 0) is 24.8 Å². The van der Waals surface area contributed by atoms with Crippen LogP contribution in [0.5, 0.6) is 0 Å². The van der Waals surface area contributed by atoms with Gasteiger partial charge in [0, 0.05) is 36.7 Å². The smallest absolute Gasteiger partial charge is 0.226 e. The number of pyridine rings is 2. The minimum atomic E-state index is 0.0456. The Morgan fingerprint density at radius 1 is 1.30 bits per heavy atom. The molecule has 5 nitrogen and oxygen atoms in total. The van der Waals surface area contributed by atoms with Crippen LogP contribution >= 0.6 is 0 Å². The Balaban J connectivity index is 2.22. The average molecular weight is 312 g/mol. The molecule has 1 amide bonds. The summed E-state index contributed by atoms with van der Waals surface area (Å²) in [5, 5.41) is 4.07. The van der Waals surface area contributed by atoms with E-state index in [1.807, 2.05) is 12.3 Å². The number of carbonyl (C=O) groups is 1. The Morgan fingerprint density at radius 2 is 2.04 bits per heavy atom. The first-order chi connectivity index (χ1) is 11.2. The molecule has 0 bridgehead atoms. The maximum absolute atomic E-state index is 11.9. The third kappa shape index (κ3) is 2.87. The highest BCUT2D eigenvalue weighted by atomic mass is 16.1. The van der Waals surface area contributed by atoms with E-state index in [2.05, 4.69) is 42.0 Å². The monoisotopic (exact) mass is 312 g/mol. The molecule has 5 heteroatoms. The minimum absolute atomic E-state index is 0.0456. The molecule has 2 aromatic rings. The highest BCUT2D eigenvalue weighted by Gasteiger charge is 2.27. The van der Waals surface area contributed by atoms with Crippen LogP contribution in [0.25, 0.3) is 10.9 Å². The predicted molar refractivity (Wildman–Crippen MR) is 94.0 cm³/mol. The largest absolute Gasteiger partial charge is 0.355 e. The van der Waals surface area contributed by atoms with Crippen LogP contribution in [-0.2, 0) is 4.79 Å². The number of hydrogen-bond acceptors (Lipinski definition) is 4. The highest BCUT2D eigenvalue weighted by Crippen LogP contribution is 2.39. The molecule has 3 heterocycles. The number of rotatable bonds is 5. The standard InChI is InChI=1S/C18H24N4O/c1-4-9-22(10-5-2)18-16-13(7-6-8-19-16)15-12(3)11-14(23)20-17(15)21-18/h6-8,12H,4-5,9-11H2,1-3H3,(H,20,21,23). The second-order valence-corrected chi connectivity index (χ2v) is 6.24. The Morgan fingerprint density at radius 3 is 2.74 bits per heavy atom. The Bertz CT molecular complexity index is 722. The maximum atomic E-state index is 11.9. The van der Waals surface area contributed by atoms with E-state index in [-0.39, 0.29) is 11.8 Å². The maximum Gasteiger partial charge on any atom is 0.226 e. The van der Waals surface area contributed by atoms with Crippen molar-refractivity contribution in [2.75, 3.05) is 23.3 Å². The van der Waals surface area contributed by atoms with E-state index >= 15 is 0 Å². The van der Waals surface area contributed by atoms with Crippen molar-refractivity contribution in [3.05, 3.63) is 23.9 Å². The van der Waals surface area contributed by atoms with Crippen molar-refractivity contribution < 1.29 is 4.79 Å². The van der Waals surface area contributed by atoms with Crippen LogP contribution in [-0.4, -0.2) is 29.0 Å². The number of fused-ring (bicyclic) bond motifs is 3. The van der Waals surface area contributed by atoms with Gasteiger partial charge in [-0.3, -0.25) is 9.78 Å². The van der Waals surface area contributed by atoms with Gasteiger partial charge in [0.15, 0.2) is 5.82 Å². The van der Waals surface area contributed by atoms with E-state index in [1.54, 1.807) is 0 Å². The van der Waals surface area contributed by atoms with E-state index in [4.69, 9.17) is 4.98 Å². The summed E-state index contributed by atoms with van der Waals surface area (Å²) >= 11 is 0. The first-order valence-corrected chi connectivity index (χ1v) is 8.49. The normalized spacial score (nSPS) is 17.0. The van der Waals surface area contributed by atoms with Crippen molar-refractivity contribution in [1.82, 2.24) is 9.97 Å². The molecule has 3 rings (SSSR count). The molecule has 1 unspecified atom stereocenters. The van der Waals surface area contributed by atoms with E-state index < -0.39 is 0 Å². The summed E-state index contributed by atoms with van der Waals surface area (Å²) in [4.78, 5) is 23.6. The molecule has 0 radical (unpaired) electrons.